The molecule has 3 aromatic rings. The molecule has 0 saturated heterocycles. The van der Waals surface area contributed by atoms with Crippen molar-refractivity contribution in [2.45, 2.75) is 26.8 Å². The molecule has 0 aliphatic rings. The molecule has 0 saturated carbocycles. The number of carboxylic acids is 1. The molecule has 23 heavy (non-hydrogen) atoms. The van der Waals surface area contributed by atoms with Gasteiger partial charge in [0.2, 0.25) is 0 Å². The molecule has 2 N–H and O–H groups in total. The first-order chi connectivity index (χ1) is 11.0. The third-order valence-corrected chi connectivity index (χ3v) is 4.92. The number of aromatic nitrogens is 3. The molecule has 0 spiro atoms. The maximum Gasteiger partial charge on any atom is 0.346 e. The summed E-state index contributed by atoms with van der Waals surface area (Å²) in [5, 5.41) is 13.4. The van der Waals surface area contributed by atoms with Gasteiger partial charge in [0.25, 0.3) is 0 Å². The third-order valence-electron chi connectivity index (χ3n) is 3.73. The molecule has 7 heteroatoms. The largest absolute Gasteiger partial charge is 0.477 e. The molecule has 1 atom stereocenters. The lowest BCUT2D eigenvalue weighted by atomic mass is 10.1. The topological polar surface area (TPSA) is 88.0 Å². The molecular weight excluding hydrogens is 312 g/mol. The average Bonchev–Trinajstić information content (AvgIpc) is 2.86. The van der Waals surface area contributed by atoms with E-state index in [2.05, 4.69) is 20.3 Å². The fraction of sp³-hybridized carbons (Fsp3) is 0.250. The lowest BCUT2D eigenvalue weighted by Gasteiger charge is -2.16. The molecule has 3 heterocycles. The van der Waals surface area contributed by atoms with Crippen molar-refractivity contribution in [2.24, 2.45) is 0 Å². The first-order valence-corrected chi connectivity index (χ1v) is 7.96. The Kier molecular flexibility index (Phi) is 3.96. The summed E-state index contributed by atoms with van der Waals surface area (Å²) >= 11 is 1.17. The van der Waals surface area contributed by atoms with Gasteiger partial charge in [-0.3, -0.25) is 4.98 Å². The van der Waals surface area contributed by atoms with Crippen LogP contribution in [0.4, 0.5) is 5.82 Å². The van der Waals surface area contributed by atoms with E-state index >= 15 is 0 Å². The number of carbonyl (C=O) groups is 1. The first kappa shape index (κ1) is 15.4. The summed E-state index contributed by atoms with van der Waals surface area (Å²) in [4.78, 5) is 25.2. The van der Waals surface area contributed by atoms with Crippen LogP contribution in [0.2, 0.25) is 0 Å². The third kappa shape index (κ3) is 2.75. The predicted molar refractivity (Wildman–Crippen MR) is 90.1 cm³/mol. The summed E-state index contributed by atoms with van der Waals surface area (Å²) in [5.74, 6) is -0.307. The Morgan fingerprint density at radius 1 is 1.30 bits per heavy atom. The van der Waals surface area contributed by atoms with Crippen molar-refractivity contribution >= 4 is 33.3 Å². The van der Waals surface area contributed by atoms with E-state index in [1.165, 1.54) is 17.7 Å². The molecule has 0 fully saturated rings. The summed E-state index contributed by atoms with van der Waals surface area (Å²) in [5.41, 5.74) is 2.71. The number of thiophene rings is 1. The molecule has 0 aliphatic heterocycles. The smallest absolute Gasteiger partial charge is 0.346 e. The van der Waals surface area contributed by atoms with E-state index in [9.17, 15) is 9.90 Å². The van der Waals surface area contributed by atoms with Crippen molar-refractivity contribution in [3.05, 3.63) is 46.4 Å². The lowest BCUT2D eigenvalue weighted by molar-refractivity contribution is 0.0701. The Morgan fingerprint density at radius 3 is 2.78 bits per heavy atom. The van der Waals surface area contributed by atoms with Crippen LogP contribution in [0.15, 0.2) is 24.7 Å². The fourth-order valence-corrected chi connectivity index (χ4v) is 3.60. The molecule has 3 aromatic heterocycles. The number of nitrogens with one attached hydrogen (secondary N) is 1. The van der Waals surface area contributed by atoms with Crippen molar-refractivity contribution < 1.29 is 9.90 Å². The van der Waals surface area contributed by atoms with Crippen molar-refractivity contribution in [2.75, 3.05) is 5.32 Å². The predicted octanol–water partition coefficient (Wildman–Crippen LogP) is 3.57. The summed E-state index contributed by atoms with van der Waals surface area (Å²) in [7, 11) is 0. The summed E-state index contributed by atoms with van der Waals surface area (Å²) in [6.45, 7) is 5.80. The van der Waals surface area contributed by atoms with E-state index in [0.717, 1.165) is 16.6 Å². The number of pyridine rings is 1. The average molecular weight is 328 g/mol. The zero-order valence-electron chi connectivity index (χ0n) is 13.0. The quantitative estimate of drug-likeness (QED) is 0.761. The van der Waals surface area contributed by atoms with E-state index in [4.69, 9.17) is 0 Å². The van der Waals surface area contributed by atoms with Gasteiger partial charge in [-0.15, -0.1) is 11.3 Å². The zero-order valence-corrected chi connectivity index (χ0v) is 13.8. The van der Waals surface area contributed by atoms with E-state index in [1.54, 1.807) is 13.1 Å². The van der Waals surface area contributed by atoms with Crippen LogP contribution in [-0.4, -0.2) is 26.0 Å². The molecule has 0 aliphatic carbocycles. The maximum absolute atomic E-state index is 11.3. The molecular formula is C16H16N4O2S. The molecule has 0 bridgehead atoms. The Balaban J connectivity index is 2.04. The zero-order chi connectivity index (χ0) is 16.6. The number of carboxylic acid groups (broad SMARTS) is 1. The summed E-state index contributed by atoms with van der Waals surface area (Å²) in [6.07, 6.45) is 3.21. The van der Waals surface area contributed by atoms with Crippen LogP contribution < -0.4 is 5.32 Å². The number of aromatic carboxylic acids is 1. The molecule has 0 radical (unpaired) electrons. The Morgan fingerprint density at radius 2 is 2.09 bits per heavy atom. The minimum Gasteiger partial charge on any atom is -0.477 e. The number of hydrogen-bond donors (Lipinski definition) is 2. The Labute approximate surface area is 137 Å². The number of nitrogens with zero attached hydrogens (tertiary/aromatic N) is 3. The van der Waals surface area contributed by atoms with E-state index in [-0.39, 0.29) is 6.04 Å². The molecule has 0 amide bonds. The fourth-order valence-electron chi connectivity index (χ4n) is 2.61. The summed E-state index contributed by atoms with van der Waals surface area (Å²) < 4.78 is 0. The van der Waals surface area contributed by atoms with Crippen LogP contribution in [-0.2, 0) is 0 Å². The number of rotatable bonds is 4. The van der Waals surface area contributed by atoms with Gasteiger partial charge in [-0.05, 0) is 38.0 Å². The van der Waals surface area contributed by atoms with Gasteiger partial charge < -0.3 is 10.4 Å². The van der Waals surface area contributed by atoms with E-state index < -0.39 is 5.97 Å². The van der Waals surface area contributed by atoms with E-state index in [1.807, 2.05) is 26.0 Å². The van der Waals surface area contributed by atoms with Crippen LogP contribution in [0, 0.1) is 13.8 Å². The Bertz CT molecular complexity index is 891. The number of hydrogen-bond acceptors (Lipinski definition) is 6. The van der Waals surface area contributed by atoms with Crippen LogP contribution in [0.25, 0.3) is 10.2 Å². The monoisotopic (exact) mass is 328 g/mol. The van der Waals surface area contributed by atoms with Crippen molar-refractivity contribution in [3.63, 3.8) is 0 Å². The first-order valence-electron chi connectivity index (χ1n) is 7.14. The van der Waals surface area contributed by atoms with Crippen LogP contribution in [0.3, 0.4) is 0 Å². The highest BCUT2D eigenvalue weighted by Gasteiger charge is 2.20. The van der Waals surface area contributed by atoms with Gasteiger partial charge in [0.1, 0.15) is 21.9 Å². The van der Waals surface area contributed by atoms with Gasteiger partial charge in [0, 0.05) is 6.20 Å². The number of aryl methyl sites for hydroxylation is 2. The van der Waals surface area contributed by atoms with E-state index in [0.29, 0.717) is 21.1 Å². The molecule has 1 unspecified atom stereocenters. The second-order valence-electron chi connectivity index (χ2n) is 5.34. The Hall–Kier alpha value is -2.54. The second-order valence-corrected chi connectivity index (χ2v) is 6.33. The highest BCUT2D eigenvalue weighted by Crippen LogP contribution is 2.34. The number of anilines is 1. The molecule has 0 aromatic carbocycles. The van der Waals surface area contributed by atoms with Gasteiger partial charge in [-0.2, -0.15) is 0 Å². The second kappa shape index (κ2) is 5.92. The van der Waals surface area contributed by atoms with Crippen LogP contribution in [0.5, 0.6) is 0 Å². The van der Waals surface area contributed by atoms with Gasteiger partial charge in [0.05, 0.1) is 17.1 Å². The van der Waals surface area contributed by atoms with Crippen molar-refractivity contribution in [3.8, 4) is 0 Å². The highest BCUT2D eigenvalue weighted by atomic mass is 32.1. The normalized spacial score (nSPS) is 12.3. The maximum atomic E-state index is 11.3. The van der Waals surface area contributed by atoms with Gasteiger partial charge in [-0.1, -0.05) is 6.07 Å². The minimum absolute atomic E-state index is 0.0538. The lowest BCUT2D eigenvalue weighted by Crippen LogP contribution is -2.11. The highest BCUT2D eigenvalue weighted by molar-refractivity contribution is 7.20. The van der Waals surface area contributed by atoms with Gasteiger partial charge in [-0.25, -0.2) is 14.8 Å². The van der Waals surface area contributed by atoms with Crippen molar-refractivity contribution in [1.29, 1.82) is 0 Å². The minimum atomic E-state index is -0.940. The van der Waals surface area contributed by atoms with Crippen LogP contribution >= 0.6 is 11.3 Å². The van der Waals surface area contributed by atoms with Crippen molar-refractivity contribution in [1.82, 2.24) is 15.0 Å². The molecule has 6 nitrogen and oxygen atoms in total. The van der Waals surface area contributed by atoms with Crippen LogP contribution in [0.1, 0.15) is 39.5 Å². The molecule has 3 rings (SSSR count). The number of fused-ring (bicyclic) bond motifs is 1. The SMILES string of the molecule is Cc1cccnc1C(C)Nc1ncnc2sc(C(=O)O)c(C)c12. The molecule has 118 valence electrons. The van der Waals surface area contributed by atoms with Gasteiger partial charge in [0.15, 0.2) is 0 Å². The van der Waals surface area contributed by atoms with Gasteiger partial charge >= 0.3 is 5.97 Å². The standard InChI is InChI=1S/C16H16N4O2S/c1-8-5-4-6-17-12(8)10(3)20-14-11-9(2)13(16(21)22)23-15(11)19-7-18-14/h4-7,10H,1-3H3,(H,21,22)(H,18,19,20). The summed E-state index contributed by atoms with van der Waals surface area (Å²) in [6, 6.07) is 3.85.